The summed E-state index contributed by atoms with van der Waals surface area (Å²) in [6, 6.07) is 25.1. The summed E-state index contributed by atoms with van der Waals surface area (Å²) in [6.07, 6.45) is 1.37. The normalized spacial score (nSPS) is 15.9. The van der Waals surface area contributed by atoms with Crippen LogP contribution in [0.5, 0.6) is 0 Å². The minimum Gasteiger partial charge on any atom is -0.322 e. The summed E-state index contributed by atoms with van der Waals surface area (Å²) >= 11 is 0. The third-order valence-corrected chi connectivity index (χ3v) is 5.94. The van der Waals surface area contributed by atoms with Crippen molar-refractivity contribution in [1.82, 2.24) is 4.90 Å². The lowest BCUT2D eigenvalue weighted by molar-refractivity contribution is -0.123. The quantitative estimate of drug-likeness (QED) is 0.688. The van der Waals surface area contributed by atoms with E-state index in [1.165, 1.54) is 5.56 Å². The SMILES string of the molecule is O=C([C@H](Cc1ccccc1)N1Cc2ccccc2C1=O)N1CCc2ccccc21. The predicted molar refractivity (Wildman–Crippen MR) is 113 cm³/mol. The molecule has 0 saturated carbocycles. The van der Waals surface area contributed by atoms with Gasteiger partial charge in [0.25, 0.3) is 5.91 Å². The van der Waals surface area contributed by atoms with Crippen LogP contribution in [0.15, 0.2) is 78.9 Å². The maximum absolute atomic E-state index is 13.7. The van der Waals surface area contributed by atoms with E-state index < -0.39 is 6.04 Å². The molecule has 2 heterocycles. The number of amides is 2. The number of hydrogen-bond donors (Lipinski definition) is 0. The molecule has 4 heteroatoms. The molecule has 0 aliphatic carbocycles. The van der Waals surface area contributed by atoms with E-state index in [1.807, 2.05) is 77.7 Å². The Balaban J connectivity index is 1.50. The van der Waals surface area contributed by atoms with Gasteiger partial charge in [-0.15, -0.1) is 0 Å². The molecule has 2 amide bonds. The van der Waals surface area contributed by atoms with Crippen LogP contribution in [-0.4, -0.2) is 29.3 Å². The smallest absolute Gasteiger partial charge is 0.255 e. The summed E-state index contributed by atoms with van der Waals surface area (Å²) in [5, 5.41) is 0. The van der Waals surface area contributed by atoms with Gasteiger partial charge in [0.2, 0.25) is 5.91 Å². The van der Waals surface area contributed by atoms with Crippen molar-refractivity contribution in [2.45, 2.75) is 25.4 Å². The van der Waals surface area contributed by atoms with Gasteiger partial charge in [0.1, 0.15) is 6.04 Å². The monoisotopic (exact) mass is 382 g/mol. The zero-order valence-corrected chi connectivity index (χ0v) is 16.1. The van der Waals surface area contributed by atoms with Gasteiger partial charge in [-0.25, -0.2) is 0 Å². The number of anilines is 1. The summed E-state index contributed by atoms with van der Waals surface area (Å²) in [4.78, 5) is 30.5. The van der Waals surface area contributed by atoms with Gasteiger partial charge in [-0.05, 0) is 35.2 Å². The average Bonchev–Trinajstić information content (AvgIpc) is 3.34. The second-order valence-electron chi connectivity index (χ2n) is 7.66. The van der Waals surface area contributed by atoms with Gasteiger partial charge in [0.15, 0.2) is 0 Å². The van der Waals surface area contributed by atoms with Crippen molar-refractivity contribution in [1.29, 1.82) is 0 Å². The van der Waals surface area contributed by atoms with E-state index >= 15 is 0 Å². The van der Waals surface area contributed by atoms with Crippen molar-refractivity contribution in [2.24, 2.45) is 0 Å². The summed E-state index contributed by atoms with van der Waals surface area (Å²) in [5.41, 5.74) is 4.92. The van der Waals surface area contributed by atoms with Crippen molar-refractivity contribution < 1.29 is 9.59 Å². The molecule has 3 aromatic carbocycles. The van der Waals surface area contributed by atoms with Crippen LogP contribution in [0.3, 0.4) is 0 Å². The Morgan fingerprint density at radius 3 is 2.34 bits per heavy atom. The molecule has 0 radical (unpaired) electrons. The van der Waals surface area contributed by atoms with Crippen molar-refractivity contribution in [2.75, 3.05) is 11.4 Å². The predicted octanol–water partition coefficient (Wildman–Crippen LogP) is 3.84. The molecule has 0 saturated heterocycles. The highest BCUT2D eigenvalue weighted by Gasteiger charge is 2.39. The fraction of sp³-hybridized carbons (Fsp3) is 0.200. The van der Waals surface area contributed by atoms with Crippen molar-refractivity contribution in [3.63, 3.8) is 0 Å². The van der Waals surface area contributed by atoms with E-state index in [2.05, 4.69) is 6.07 Å². The molecule has 1 atom stereocenters. The van der Waals surface area contributed by atoms with Gasteiger partial charge in [-0.2, -0.15) is 0 Å². The molecule has 0 bridgehead atoms. The average molecular weight is 382 g/mol. The number of hydrogen-bond acceptors (Lipinski definition) is 2. The van der Waals surface area contributed by atoms with E-state index in [9.17, 15) is 9.59 Å². The minimum atomic E-state index is -0.525. The van der Waals surface area contributed by atoms with Crippen molar-refractivity contribution in [3.05, 3.63) is 101 Å². The fourth-order valence-electron chi connectivity index (χ4n) is 4.44. The second kappa shape index (κ2) is 7.21. The Labute approximate surface area is 170 Å². The molecule has 4 nitrogen and oxygen atoms in total. The van der Waals surface area contributed by atoms with E-state index in [0.29, 0.717) is 25.1 Å². The topological polar surface area (TPSA) is 40.6 Å². The number of carbonyl (C=O) groups excluding carboxylic acids is 2. The first kappa shape index (κ1) is 17.7. The van der Waals surface area contributed by atoms with Crippen molar-refractivity contribution >= 4 is 17.5 Å². The highest BCUT2D eigenvalue weighted by molar-refractivity contribution is 6.05. The first-order valence-electron chi connectivity index (χ1n) is 10.0. The van der Waals surface area contributed by atoms with Gasteiger partial charge in [0.05, 0.1) is 0 Å². The molecule has 2 aliphatic rings. The molecule has 144 valence electrons. The zero-order valence-electron chi connectivity index (χ0n) is 16.1. The van der Waals surface area contributed by atoms with E-state index in [1.54, 1.807) is 4.90 Å². The molecule has 0 aromatic heterocycles. The molecule has 3 aromatic rings. The Morgan fingerprint density at radius 1 is 0.862 bits per heavy atom. The number of carbonyl (C=O) groups is 2. The van der Waals surface area contributed by atoms with Crippen LogP contribution in [0.25, 0.3) is 0 Å². The van der Waals surface area contributed by atoms with Crippen LogP contribution in [0.1, 0.15) is 27.0 Å². The van der Waals surface area contributed by atoms with Crippen LogP contribution in [-0.2, 0) is 24.2 Å². The van der Waals surface area contributed by atoms with Crippen LogP contribution in [0.4, 0.5) is 5.69 Å². The molecular weight excluding hydrogens is 360 g/mol. The Morgan fingerprint density at radius 2 is 1.55 bits per heavy atom. The fourth-order valence-corrected chi connectivity index (χ4v) is 4.44. The first-order valence-corrected chi connectivity index (χ1v) is 10.0. The number of rotatable bonds is 4. The number of fused-ring (bicyclic) bond motifs is 2. The van der Waals surface area contributed by atoms with E-state index in [0.717, 1.165) is 23.2 Å². The largest absolute Gasteiger partial charge is 0.322 e. The summed E-state index contributed by atoms with van der Waals surface area (Å²) in [5.74, 6) is -0.0534. The molecule has 29 heavy (non-hydrogen) atoms. The lowest BCUT2D eigenvalue weighted by Gasteiger charge is -2.31. The third-order valence-electron chi connectivity index (χ3n) is 5.94. The van der Waals surface area contributed by atoms with E-state index in [4.69, 9.17) is 0 Å². The second-order valence-corrected chi connectivity index (χ2v) is 7.66. The lowest BCUT2D eigenvalue weighted by atomic mass is 10.0. The van der Waals surface area contributed by atoms with Gasteiger partial charge < -0.3 is 9.80 Å². The molecule has 0 unspecified atom stereocenters. The van der Waals surface area contributed by atoms with Crippen LogP contribution >= 0.6 is 0 Å². The Kier molecular flexibility index (Phi) is 4.39. The molecule has 2 aliphatic heterocycles. The number of benzene rings is 3. The molecular formula is C25H22N2O2. The van der Waals surface area contributed by atoms with Crippen LogP contribution in [0.2, 0.25) is 0 Å². The van der Waals surface area contributed by atoms with Gasteiger partial charge in [-0.3, -0.25) is 9.59 Å². The van der Waals surface area contributed by atoms with Crippen molar-refractivity contribution in [3.8, 4) is 0 Å². The zero-order chi connectivity index (χ0) is 19.8. The molecule has 0 spiro atoms. The lowest BCUT2D eigenvalue weighted by Crippen LogP contribution is -2.49. The first-order chi connectivity index (χ1) is 14.2. The van der Waals surface area contributed by atoms with Gasteiger partial charge in [-0.1, -0.05) is 66.7 Å². The molecule has 0 N–H and O–H groups in total. The van der Waals surface area contributed by atoms with Gasteiger partial charge >= 0.3 is 0 Å². The standard InChI is InChI=1S/C25H22N2O2/c28-24-21-12-6-4-11-20(21)17-27(24)23(16-18-8-2-1-3-9-18)25(29)26-15-14-19-10-5-7-13-22(19)26/h1-13,23H,14-17H2/t23-/m0/s1. The molecule has 5 rings (SSSR count). The third kappa shape index (κ3) is 3.11. The summed E-state index contributed by atoms with van der Waals surface area (Å²) < 4.78 is 0. The van der Waals surface area contributed by atoms with E-state index in [-0.39, 0.29) is 11.8 Å². The van der Waals surface area contributed by atoms with Crippen LogP contribution in [0, 0.1) is 0 Å². The Hall–Kier alpha value is -3.40. The minimum absolute atomic E-state index is 0.0000378. The Bertz CT molecular complexity index is 1080. The summed E-state index contributed by atoms with van der Waals surface area (Å²) in [6.45, 7) is 1.15. The number of para-hydroxylation sites is 1. The highest BCUT2D eigenvalue weighted by atomic mass is 16.2. The number of nitrogens with zero attached hydrogens (tertiary/aromatic N) is 2. The van der Waals surface area contributed by atoms with Gasteiger partial charge in [0, 0.05) is 30.8 Å². The highest BCUT2D eigenvalue weighted by Crippen LogP contribution is 2.31. The summed E-state index contributed by atoms with van der Waals surface area (Å²) in [7, 11) is 0. The maximum atomic E-state index is 13.7. The maximum Gasteiger partial charge on any atom is 0.255 e. The molecule has 0 fully saturated rings. The van der Waals surface area contributed by atoms with Crippen LogP contribution < -0.4 is 4.90 Å².